The van der Waals surface area contributed by atoms with Crippen LogP contribution in [0, 0.1) is 18.3 Å². The Hall–Kier alpha value is -2.97. The number of benzene rings is 1. The maximum Gasteiger partial charge on any atom is 0.270 e. The number of hydrogen-bond acceptors (Lipinski definition) is 8. The summed E-state index contributed by atoms with van der Waals surface area (Å²) >= 11 is 6.89. The molecule has 0 saturated carbocycles. The predicted molar refractivity (Wildman–Crippen MR) is 168 cm³/mol. The van der Waals surface area contributed by atoms with E-state index >= 15 is 0 Å². The van der Waals surface area contributed by atoms with E-state index in [1.54, 1.807) is 9.47 Å². The van der Waals surface area contributed by atoms with Gasteiger partial charge in [-0.05, 0) is 43.4 Å². The largest absolute Gasteiger partial charge is 0.376 e. The summed E-state index contributed by atoms with van der Waals surface area (Å²) in [5.41, 5.74) is 2.51. The number of carbonyl (C=O) groups is 1. The van der Waals surface area contributed by atoms with Crippen molar-refractivity contribution in [1.29, 1.82) is 5.26 Å². The van der Waals surface area contributed by atoms with Gasteiger partial charge in [0, 0.05) is 51.4 Å². The van der Waals surface area contributed by atoms with Crippen LogP contribution >= 0.6 is 24.0 Å². The lowest BCUT2D eigenvalue weighted by Gasteiger charge is -2.38. The second kappa shape index (κ2) is 13.3. The van der Waals surface area contributed by atoms with Crippen LogP contribution in [0.25, 0.3) is 6.08 Å². The van der Waals surface area contributed by atoms with Crippen LogP contribution in [0.5, 0.6) is 0 Å². The summed E-state index contributed by atoms with van der Waals surface area (Å²) in [6.07, 6.45) is 5.51. The van der Waals surface area contributed by atoms with E-state index in [-0.39, 0.29) is 23.1 Å². The first kappa shape index (κ1) is 29.5. The minimum atomic E-state index is -0.261. The number of thioether (sulfide) groups is 1. The van der Waals surface area contributed by atoms with Crippen LogP contribution in [0.1, 0.15) is 54.9 Å². The van der Waals surface area contributed by atoms with E-state index in [2.05, 4.69) is 47.1 Å². The van der Waals surface area contributed by atoms with Crippen LogP contribution < -0.4 is 10.5 Å². The molecule has 0 spiro atoms. The van der Waals surface area contributed by atoms with E-state index in [4.69, 9.17) is 17.0 Å². The monoisotopic (exact) mass is 591 g/mol. The number of pyridine rings is 1. The molecule has 10 heteroatoms. The van der Waals surface area contributed by atoms with Crippen LogP contribution in [0.15, 0.2) is 40.0 Å². The summed E-state index contributed by atoms with van der Waals surface area (Å²) in [7, 11) is 0. The molecule has 41 heavy (non-hydrogen) atoms. The van der Waals surface area contributed by atoms with Crippen LogP contribution in [0.3, 0.4) is 0 Å². The van der Waals surface area contributed by atoms with Crippen molar-refractivity contribution in [1.82, 2.24) is 14.4 Å². The Labute approximate surface area is 251 Å². The zero-order chi connectivity index (χ0) is 28.9. The molecule has 4 heterocycles. The average molecular weight is 592 g/mol. The minimum absolute atomic E-state index is 0.00229. The molecule has 3 fully saturated rings. The Bertz CT molecular complexity index is 1420. The first-order valence-corrected chi connectivity index (χ1v) is 15.7. The normalized spacial score (nSPS) is 20.8. The number of carbonyl (C=O) groups excluding carboxylic acids is 1. The van der Waals surface area contributed by atoms with Crippen molar-refractivity contribution in [2.75, 3.05) is 44.2 Å². The van der Waals surface area contributed by atoms with Crippen molar-refractivity contribution < 1.29 is 9.53 Å². The summed E-state index contributed by atoms with van der Waals surface area (Å²) in [6, 6.07) is 12.6. The zero-order valence-electron chi connectivity index (χ0n) is 23.8. The van der Waals surface area contributed by atoms with E-state index in [0.29, 0.717) is 34.5 Å². The third kappa shape index (κ3) is 6.44. The van der Waals surface area contributed by atoms with Crippen molar-refractivity contribution in [3.63, 3.8) is 0 Å². The van der Waals surface area contributed by atoms with E-state index in [0.717, 1.165) is 69.8 Å². The highest BCUT2D eigenvalue weighted by atomic mass is 32.2. The lowest BCUT2D eigenvalue weighted by atomic mass is 10.0. The average Bonchev–Trinajstić information content (AvgIpc) is 3.59. The van der Waals surface area contributed by atoms with Gasteiger partial charge in [0.1, 0.15) is 21.8 Å². The molecule has 1 amide bonds. The lowest BCUT2D eigenvalue weighted by molar-refractivity contribution is -0.123. The Balaban J connectivity index is 1.49. The van der Waals surface area contributed by atoms with Crippen LogP contribution in [0.2, 0.25) is 0 Å². The molecule has 2 aromatic rings. The van der Waals surface area contributed by atoms with E-state index in [1.165, 1.54) is 17.3 Å². The third-order valence-electron chi connectivity index (χ3n) is 8.06. The van der Waals surface area contributed by atoms with Gasteiger partial charge in [-0.15, -0.1) is 0 Å². The third-order valence-corrected chi connectivity index (χ3v) is 9.44. The van der Waals surface area contributed by atoms with Crippen LogP contribution in [-0.2, 0) is 22.6 Å². The number of hydrogen-bond donors (Lipinski definition) is 0. The summed E-state index contributed by atoms with van der Waals surface area (Å²) in [6.45, 7) is 9.65. The number of rotatable bonds is 9. The molecule has 1 aromatic heterocycles. The molecule has 1 atom stereocenters. The fraction of sp³-hybridized carbons (Fsp3) is 0.484. The second-order valence-corrected chi connectivity index (χ2v) is 12.5. The maximum atomic E-state index is 13.6. The first-order chi connectivity index (χ1) is 19.9. The number of anilines is 1. The zero-order valence-corrected chi connectivity index (χ0v) is 25.4. The Morgan fingerprint density at radius 2 is 1.93 bits per heavy atom. The quantitative estimate of drug-likeness (QED) is 0.311. The van der Waals surface area contributed by atoms with Gasteiger partial charge in [0.05, 0.1) is 17.6 Å². The molecule has 3 saturated heterocycles. The van der Waals surface area contributed by atoms with Gasteiger partial charge in [-0.3, -0.25) is 24.0 Å². The molecule has 3 aliphatic rings. The second-order valence-electron chi connectivity index (χ2n) is 10.8. The van der Waals surface area contributed by atoms with E-state index in [1.807, 2.05) is 19.1 Å². The summed E-state index contributed by atoms with van der Waals surface area (Å²) < 4.78 is 8.04. The Morgan fingerprint density at radius 1 is 1.17 bits per heavy atom. The number of unbranched alkanes of at least 4 members (excludes halogenated alkanes) is 1. The van der Waals surface area contributed by atoms with Gasteiger partial charge in [-0.25, -0.2) is 0 Å². The van der Waals surface area contributed by atoms with Gasteiger partial charge in [0.15, 0.2) is 0 Å². The molecule has 0 N–H and O–H groups in total. The molecular formula is C31H37N5O3S2. The fourth-order valence-electron chi connectivity index (χ4n) is 5.75. The first-order valence-electron chi connectivity index (χ1n) is 14.5. The van der Waals surface area contributed by atoms with E-state index < -0.39 is 0 Å². The molecule has 1 unspecified atom stereocenters. The number of amides is 1. The highest BCUT2D eigenvalue weighted by molar-refractivity contribution is 8.26. The van der Waals surface area contributed by atoms with Gasteiger partial charge in [-0.1, -0.05) is 67.7 Å². The van der Waals surface area contributed by atoms with E-state index in [9.17, 15) is 14.9 Å². The Morgan fingerprint density at radius 3 is 2.59 bits per heavy atom. The lowest BCUT2D eigenvalue weighted by Crippen LogP contribution is -2.48. The molecule has 8 nitrogen and oxygen atoms in total. The standard InChI is InChI=1S/C31H37N5O3S2/c1-3-4-12-35-28(34-15-13-33(14-16-34)20-23-9-6-5-7-10-23)25(22(2)26(19-32)29(35)37)18-27-30(38)36(31(40)41-27)21-24-11-8-17-39-24/h5-7,9-10,18,24H,3-4,8,11-17,20-21H2,1-2H3. The molecule has 216 valence electrons. The van der Waals surface area contributed by atoms with Crippen molar-refractivity contribution in [2.45, 2.75) is 58.7 Å². The molecule has 0 radical (unpaired) electrons. The van der Waals surface area contributed by atoms with Crippen molar-refractivity contribution >= 4 is 46.1 Å². The predicted octanol–water partition coefficient (Wildman–Crippen LogP) is 4.53. The molecular weight excluding hydrogens is 555 g/mol. The van der Waals surface area contributed by atoms with Crippen molar-refractivity contribution in [3.05, 3.63) is 67.8 Å². The van der Waals surface area contributed by atoms with Crippen LogP contribution in [0.4, 0.5) is 5.82 Å². The highest BCUT2D eigenvalue weighted by Crippen LogP contribution is 2.37. The molecule has 3 aliphatic heterocycles. The highest BCUT2D eigenvalue weighted by Gasteiger charge is 2.35. The fourth-order valence-corrected chi connectivity index (χ4v) is 7.01. The number of aromatic nitrogens is 1. The molecule has 1 aromatic carbocycles. The number of thiocarbonyl (C=S) groups is 1. The van der Waals surface area contributed by atoms with Gasteiger partial charge in [-0.2, -0.15) is 5.26 Å². The topological polar surface area (TPSA) is 81.8 Å². The number of nitrogens with zero attached hydrogens (tertiary/aromatic N) is 5. The van der Waals surface area contributed by atoms with Gasteiger partial charge in [0.2, 0.25) is 0 Å². The number of ether oxygens (including phenoxy) is 1. The molecule has 5 rings (SSSR count). The minimum Gasteiger partial charge on any atom is -0.376 e. The van der Waals surface area contributed by atoms with Crippen molar-refractivity contribution in [2.24, 2.45) is 0 Å². The van der Waals surface area contributed by atoms with Crippen LogP contribution in [-0.4, -0.2) is 70.0 Å². The number of piperazine rings is 1. The SMILES string of the molecule is CCCCn1c(N2CCN(Cc3ccccc3)CC2)c(C=C2SC(=S)N(CC3CCCO3)C2=O)c(C)c(C#N)c1=O. The van der Waals surface area contributed by atoms with Gasteiger partial charge >= 0.3 is 0 Å². The molecule has 0 aliphatic carbocycles. The van der Waals surface area contributed by atoms with Gasteiger partial charge < -0.3 is 9.64 Å². The summed E-state index contributed by atoms with van der Waals surface area (Å²) in [4.78, 5) is 34.0. The summed E-state index contributed by atoms with van der Waals surface area (Å²) in [5, 5.41) is 9.99. The smallest absolute Gasteiger partial charge is 0.270 e. The Kier molecular flexibility index (Phi) is 9.60. The molecule has 0 bridgehead atoms. The summed E-state index contributed by atoms with van der Waals surface area (Å²) in [5.74, 6) is 0.655. The maximum absolute atomic E-state index is 13.6. The van der Waals surface area contributed by atoms with Crippen molar-refractivity contribution in [3.8, 4) is 6.07 Å². The number of nitriles is 1. The van der Waals surface area contributed by atoms with Gasteiger partial charge in [0.25, 0.3) is 11.5 Å².